The number of hydrogen-bond acceptors (Lipinski definition) is 3. The number of halogens is 1. The third-order valence-electron chi connectivity index (χ3n) is 3.28. The van der Waals surface area contributed by atoms with Crippen LogP contribution in [0, 0.1) is 5.92 Å². The molecule has 1 heterocycles. The van der Waals surface area contributed by atoms with Crippen LogP contribution in [0.25, 0.3) is 0 Å². The van der Waals surface area contributed by atoms with E-state index in [9.17, 15) is 4.79 Å². The van der Waals surface area contributed by atoms with Gasteiger partial charge in [-0.3, -0.25) is 4.79 Å². The molecule has 1 aliphatic heterocycles. The van der Waals surface area contributed by atoms with Crippen LogP contribution in [0.4, 0.5) is 5.69 Å². The minimum absolute atomic E-state index is 0.0201. The number of amides is 1. The molecule has 5 heteroatoms. The van der Waals surface area contributed by atoms with Gasteiger partial charge < -0.3 is 15.4 Å². The molecule has 0 aromatic heterocycles. The van der Waals surface area contributed by atoms with Crippen molar-refractivity contribution < 1.29 is 9.53 Å². The van der Waals surface area contributed by atoms with Crippen LogP contribution in [-0.4, -0.2) is 25.6 Å². The van der Waals surface area contributed by atoms with Crippen LogP contribution in [0.5, 0.6) is 5.75 Å². The van der Waals surface area contributed by atoms with Crippen LogP contribution < -0.4 is 15.4 Å². The SMILES string of the molecule is COc1cc(NC(=O)C2CCNC2C)ccc1Cl. The number of benzene rings is 1. The number of hydrogen-bond donors (Lipinski definition) is 2. The van der Waals surface area contributed by atoms with E-state index < -0.39 is 0 Å². The molecule has 2 unspecified atom stereocenters. The van der Waals surface area contributed by atoms with Crippen molar-refractivity contribution in [2.45, 2.75) is 19.4 Å². The summed E-state index contributed by atoms with van der Waals surface area (Å²) in [6.07, 6.45) is 0.873. The number of rotatable bonds is 3. The number of anilines is 1. The van der Waals surface area contributed by atoms with E-state index in [4.69, 9.17) is 16.3 Å². The number of carbonyl (C=O) groups excluding carboxylic acids is 1. The van der Waals surface area contributed by atoms with Gasteiger partial charge in [0.1, 0.15) is 5.75 Å². The van der Waals surface area contributed by atoms with Gasteiger partial charge in [-0.1, -0.05) is 11.6 Å². The van der Waals surface area contributed by atoms with Crippen molar-refractivity contribution in [2.75, 3.05) is 19.0 Å². The lowest BCUT2D eigenvalue weighted by molar-refractivity contribution is -0.119. The highest BCUT2D eigenvalue weighted by atomic mass is 35.5. The fraction of sp³-hybridized carbons (Fsp3) is 0.462. The zero-order valence-corrected chi connectivity index (χ0v) is 11.3. The zero-order chi connectivity index (χ0) is 13.1. The molecule has 1 aromatic carbocycles. The minimum atomic E-state index is 0.0201. The first kappa shape index (κ1) is 13.2. The molecule has 1 aliphatic rings. The summed E-state index contributed by atoms with van der Waals surface area (Å²) < 4.78 is 5.12. The summed E-state index contributed by atoms with van der Waals surface area (Å²) in [5, 5.41) is 6.69. The molecule has 98 valence electrons. The van der Waals surface area contributed by atoms with Gasteiger partial charge in [0.25, 0.3) is 0 Å². The van der Waals surface area contributed by atoms with Crippen molar-refractivity contribution in [1.29, 1.82) is 0 Å². The zero-order valence-electron chi connectivity index (χ0n) is 10.5. The number of ether oxygens (including phenoxy) is 1. The highest BCUT2D eigenvalue weighted by Crippen LogP contribution is 2.28. The largest absolute Gasteiger partial charge is 0.495 e. The number of methoxy groups -OCH3 is 1. The molecule has 0 bridgehead atoms. The topological polar surface area (TPSA) is 50.4 Å². The van der Waals surface area contributed by atoms with E-state index in [0.717, 1.165) is 13.0 Å². The predicted molar refractivity (Wildman–Crippen MR) is 72.2 cm³/mol. The molecule has 2 N–H and O–H groups in total. The van der Waals surface area contributed by atoms with E-state index in [1.165, 1.54) is 0 Å². The van der Waals surface area contributed by atoms with Crippen molar-refractivity contribution >= 4 is 23.2 Å². The maximum absolute atomic E-state index is 12.1. The summed E-state index contributed by atoms with van der Waals surface area (Å²) in [6.45, 7) is 2.92. The normalized spacial score (nSPS) is 22.8. The third kappa shape index (κ3) is 2.76. The average molecular weight is 269 g/mol. The second-order valence-electron chi connectivity index (χ2n) is 4.48. The first-order chi connectivity index (χ1) is 8.61. The van der Waals surface area contributed by atoms with Gasteiger partial charge in [-0.05, 0) is 32.0 Å². The molecule has 0 radical (unpaired) electrons. The Morgan fingerprint density at radius 1 is 1.56 bits per heavy atom. The van der Waals surface area contributed by atoms with Gasteiger partial charge in [0.15, 0.2) is 0 Å². The molecule has 2 rings (SSSR count). The Morgan fingerprint density at radius 2 is 2.33 bits per heavy atom. The highest BCUT2D eigenvalue weighted by Gasteiger charge is 2.29. The van der Waals surface area contributed by atoms with Crippen LogP contribution in [0.3, 0.4) is 0 Å². The Balaban J connectivity index is 2.07. The molecule has 1 amide bonds. The molecule has 0 spiro atoms. The molecule has 0 saturated carbocycles. The Bertz CT molecular complexity index is 451. The van der Waals surface area contributed by atoms with E-state index in [2.05, 4.69) is 10.6 Å². The van der Waals surface area contributed by atoms with Gasteiger partial charge >= 0.3 is 0 Å². The standard InChI is InChI=1S/C13H17ClN2O2/c1-8-10(5-6-15-8)13(17)16-9-3-4-11(14)12(7-9)18-2/h3-4,7-8,10,15H,5-6H2,1-2H3,(H,16,17). The van der Waals surface area contributed by atoms with E-state index in [0.29, 0.717) is 16.5 Å². The van der Waals surface area contributed by atoms with E-state index in [-0.39, 0.29) is 17.9 Å². The van der Waals surface area contributed by atoms with Crippen LogP contribution in [-0.2, 0) is 4.79 Å². The van der Waals surface area contributed by atoms with Crippen LogP contribution in [0.2, 0.25) is 5.02 Å². The van der Waals surface area contributed by atoms with Crippen molar-refractivity contribution in [1.82, 2.24) is 5.32 Å². The summed E-state index contributed by atoms with van der Waals surface area (Å²) in [5.41, 5.74) is 0.709. The molecule has 0 aliphatic carbocycles. The Hall–Kier alpha value is -1.26. The van der Waals surface area contributed by atoms with E-state index in [1.807, 2.05) is 6.92 Å². The smallest absolute Gasteiger partial charge is 0.229 e. The molecule has 18 heavy (non-hydrogen) atoms. The Labute approximate surface area is 112 Å². The van der Waals surface area contributed by atoms with Crippen LogP contribution >= 0.6 is 11.6 Å². The summed E-state index contributed by atoms with van der Waals surface area (Å²) in [4.78, 5) is 12.1. The fourth-order valence-corrected chi connectivity index (χ4v) is 2.38. The maximum atomic E-state index is 12.1. The first-order valence-corrected chi connectivity index (χ1v) is 6.37. The monoisotopic (exact) mass is 268 g/mol. The maximum Gasteiger partial charge on any atom is 0.229 e. The van der Waals surface area contributed by atoms with Gasteiger partial charge in [-0.15, -0.1) is 0 Å². The summed E-state index contributed by atoms with van der Waals surface area (Å²) in [6, 6.07) is 5.44. The average Bonchev–Trinajstić information content (AvgIpc) is 2.78. The fourth-order valence-electron chi connectivity index (χ4n) is 2.19. The molecule has 1 aromatic rings. The van der Waals surface area contributed by atoms with Crippen molar-refractivity contribution in [3.63, 3.8) is 0 Å². The molecule has 1 fully saturated rings. The Morgan fingerprint density at radius 3 is 2.94 bits per heavy atom. The third-order valence-corrected chi connectivity index (χ3v) is 3.59. The quantitative estimate of drug-likeness (QED) is 0.884. The van der Waals surface area contributed by atoms with Gasteiger partial charge in [-0.2, -0.15) is 0 Å². The number of carbonyl (C=O) groups is 1. The van der Waals surface area contributed by atoms with Crippen LogP contribution in [0.1, 0.15) is 13.3 Å². The van der Waals surface area contributed by atoms with Crippen LogP contribution in [0.15, 0.2) is 18.2 Å². The minimum Gasteiger partial charge on any atom is -0.495 e. The predicted octanol–water partition coefficient (Wildman–Crippen LogP) is 2.29. The summed E-state index contributed by atoms with van der Waals surface area (Å²) >= 11 is 5.94. The lowest BCUT2D eigenvalue weighted by atomic mass is 10.0. The molecular weight excluding hydrogens is 252 g/mol. The van der Waals surface area contributed by atoms with Gasteiger partial charge in [0.2, 0.25) is 5.91 Å². The second kappa shape index (κ2) is 5.59. The van der Waals surface area contributed by atoms with Crippen molar-refractivity contribution in [3.8, 4) is 5.75 Å². The second-order valence-corrected chi connectivity index (χ2v) is 4.88. The number of nitrogens with one attached hydrogen (secondary N) is 2. The summed E-state index contributed by atoms with van der Waals surface area (Å²) in [5.74, 6) is 0.621. The first-order valence-electron chi connectivity index (χ1n) is 5.99. The van der Waals surface area contributed by atoms with E-state index >= 15 is 0 Å². The van der Waals surface area contributed by atoms with Gasteiger partial charge in [0, 0.05) is 17.8 Å². The molecule has 2 atom stereocenters. The van der Waals surface area contributed by atoms with Crippen molar-refractivity contribution in [3.05, 3.63) is 23.2 Å². The summed E-state index contributed by atoms with van der Waals surface area (Å²) in [7, 11) is 1.55. The van der Waals surface area contributed by atoms with Gasteiger partial charge in [-0.25, -0.2) is 0 Å². The lowest BCUT2D eigenvalue weighted by Gasteiger charge is -2.15. The van der Waals surface area contributed by atoms with E-state index in [1.54, 1.807) is 25.3 Å². The van der Waals surface area contributed by atoms with Gasteiger partial charge in [0.05, 0.1) is 18.1 Å². The molecular formula is C13H17ClN2O2. The highest BCUT2D eigenvalue weighted by molar-refractivity contribution is 6.32. The Kier molecular flexibility index (Phi) is 4.09. The molecule has 1 saturated heterocycles. The van der Waals surface area contributed by atoms with Crippen molar-refractivity contribution in [2.24, 2.45) is 5.92 Å². The lowest BCUT2D eigenvalue weighted by Crippen LogP contribution is -2.32. The molecule has 4 nitrogen and oxygen atoms in total.